The third-order valence-electron chi connectivity index (χ3n) is 4.11. The van der Waals surface area contributed by atoms with Crippen molar-refractivity contribution in [3.8, 4) is 0 Å². The molecule has 3 N–H and O–H groups in total. The van der Waals surface area contributed by atoms with Gasteiger partial charge in [-0.2, -0.15) is 13.2 Å². The standard InChI is InChI=1S/C13H16F3N3/c14-13(15,16)9-2-4-12(18-7-9)19-11-5-8-1-3-10(11)17-6-8/h2,4,7-8,10-11,17H,1,3,5-6H2,(H,18,19)/p+1/t8-,10+,11-/m1/s1. The number of aromatic nitrogens is 1. The zero-order valence-corrected chi connectivity index (χ0v) is 10.4. The Labute approximate surface area is 109 Å². The van der Waals surface area contributed by atoms with Crippen molar-refractivity contribution in [2.24, 2.45) is 5.92 Å². The van der Waals surface area contributed by atoms with Gasteiger partial charge in [0.15, 0.2) is 0 Å². The predicted molar refractivity (Wildman–Crippen MR) is 64.5 cm³/mol. The Hall–Kier alpha value is -1.30. The number of nitrogens with one attached hydrogen (secondary N) is 3. The summed E-state index contributed by atoms with van der Waals surface area (Å²) in [5.74, 6) is 1.34. The van der Waals surface area contributed by atoms with E-state index in [0.717, 1.165) is 31.6 Å². The van der Waals surface area contributed by atoms with Crippen LogP contribution in [0.2, 0.25) is 0 Å². The van der Waals surface area contributed by atoms with Gasteiger partial charge in [-0.1, -0.05) is 0 Å². The molecule has 3 aliphatic rings. The van der Waals surface area contributed by atoms with Crippen LogP contribution in [-0.2, 0) is 6.18 Å². The van der Waals surface area contributed by atoms with Crippen LogP contribution in [0.25, 0.3) is 0 Å². The summed E-state index contributed by atoms with van der Waals surface area (Å²) < 4.78 is 37.4. The fourth-order valence-corrected chi connectivity index (χ4v) is 3.06. The summed E-state index contributed by atoms with van der Waals surface area (Å²) in [6.45, 7) is 1.07. The second kappa shape index (κ2) is 4.67. The van der Waals surface area contributed by atoms with Gasteiger partial charge in [-0.25, -0.2) is 4.98 Å². The van der Waals surface area contributed by atoms with Gasteiger partial charge in [0.1, 0.15) is 12.2 Å². The lowest BCUT2D eigenvalue weighted by Crippen LogP contribution is -2.56. The van der Waals surface area contributed by atoms with Crippen LogP contribution in [0.1, 0.15) is 24.8 Å². The first-order chi connectivity index (χ1) is 9.02. The molecule has 2 aliphatic heterocycles. The molecule has 1 aromatic rings. The van der Waals surface area contributed by atoms with E-state index >= 15 is 0 Å². The molecule has 2 bridgehead atoms. The number of hydrogen-bond acceptors (Lipinski definition) is 2. The van der Waals surface area contributed by atoms with Crippen LogP contribution in [0, 0.1) is 5.92 Å². The third-order valence-corrected chi connectivity index (χ3v) is 4.11. The second-order valence-electron chi connectivity index (χ2n) is 5.43. The van der Waals surface area contributed by atoms with Gasteiger partial charge in [0.25, 0.3) is 5.82 Å². The van der Waals surface area contributed by atoms with Gasteiger partial charge in [0.05, 0.1) is 5.56 Å². The maximum Gasteiger partial charge on any atom is 0.419 e. The number of aromatic amines is 1. The van der Waals surface area contributed by atoms with E-state index in [0.29, 0.717) is 23.8 Å². The third kappa shape index (κ3) is 2.68. The number of hydrogen-bond donors (Lipinski definition) is 2. The SMILES string of the molecule is FC(F)(F)c1ccc(N[C@@H]2C[C@H]3CC[C@@H]2NC3)[nH+]c1. The molecule has 2 saturated heterocycles. The van der Waals surface area contributed by atoms with Gasteiger partial charge < -0.3 is 5.32 Å². The van der Waals surface area contributed by atoms with Crippen molar-refractivity contribution in [2.45, 2.75) is 37.5 Å². The van der Waals surface area contributed by atoms with Crippen molar-refractivity contribution >= 4 is 5.82 Å². The highest BCUT2D eigenvalue weighted by Crippen LogP contribution is 2.31. The van der Waals surface area contributed by atoms with Crippen LogP contribution >= 0.6 is 0 Å². The number of rotatable bonds is 2. The highest BCUT2D eigenvalue weighted by Gasteiger charge is 2.38. The van der Waals surface area contributed by atoms with Gasteiger partial charge in [-0.05, 0) is 37.8 Å². The molecular weight excluding hydrogens is 255 g/mol. The number of pyridine rings is 1. The van der Waals surface area contributed by atoms with E-state index in [1.165, 1.54) is 12.5 Å². The zero-order valence-electron chi connectivity index (χ0n) is 10.4. The van der Waals surface area contributed by atoms with Crippen LogP contribution in [0.15, 0.2) is 18.3 Å². The lowest BCUT2D eigenvalue weighted by Gasteiger charge is -2.41. The molecule has 0 aromatic carbocycles. The Morgan fingerprint density at radius 2 is 2.11 bits per heavy atom. The molecule has 3 fully saturated rings. The molecular formula is C13H17F3N3+. The normalized spacial score (nSPS) is 30.4. The van der Waals surface area contributed by atoms with E-state index in [1.807, 2.05) is 0 Å². The Bertz CT molecular complexity index is 435. The summed E-state index contributed by atoms with van der Waals surface area (Å²) in [5, 5.41) is 6.77. The van der Waals surface area contributed by atoms with Gasteiger partial charge in [-0.3, -0.25) is 5.32 Å². The Morgan fingerprint density at radius 1 is 1.26 bits per heavy atom. The van der Waals surface area contributed by atoms with Crippen molar-refractivity contribution in [3.63, 3.8) is 0 Å². The van der Waals surface area contributed by atoms with Crippen LogP contribution in [0.5, 0.6) is 0 Å². The quantitative estimate of drug-likeness (QED) is 0.865. The molecule has 3 nitrogen and oxygen atoms in total. The van der Waals surface area contributed by atoms with Crippen LogP contribution in [-0.4, -0.2) is 18.6 Å². The van der Waals surface area contributed by atoms with Crippen molar-refractivity contribution in [1.29, 1.82) is 0 Å². The minimum atomic E-state index is -4.29. The van der Waals surface area contributed by atoms with Crippen LogP contribution in [0.3, 0.4) is 0 Å². The van der Waals surface area contributed by atoms with Crippen molar-refractivity contribution in [1.82, 2.24) is 5.32 Å². The van der Waals surface area contributed by atoms with E-state index in [9.17, 15) is 13.2 Å². The summed E-state index contributed by atoms with van der Waals surface area (Å²) >= 11 is 0. The van der Waals surface area contributed by atoms with E-state index in [2.05, 4.69) is 15.6 Å². The highest BCUT2D eigenvalue weighted by atomic mass is 19.4. The lowest BCUT2D eigenvalue weighted by molar-refractivity contribution is -0.365. The van der Waals surface area contributed by atoms with E-state index in [4.69, 9.17) is 0 Å². The Morgan fingerprint density at radius 3 is 2.58 bits per heavy atom. The Kier molecular flexibility index (Phi) is 3.12. The number of halogens is 3. The highest BCUT2D eigenvalue weighted by molar-refractivity contribution is 5.32. The van der Waals surface area contributed by atoms with Gasteiger partial charge in [0.2, 0.25) is 0 Å². The molecule has 4 rings (SSSR count). The average Bonchev–Trinajstić information content (AvgIpc) is 2.40. The minimum absolute atomic E-state index is 0.306. The summed E-state index contributed by atoms with van der Waals surface area (Å²) in [4.78, 5) is 2.69. The van der Waals surface area contributed by atoms with E-state index in [1.54, 1.807) is 0 Å². The van der Waals surface area contributed by atoms with Crippen LogP contribution in [0.4, 0.5) is 19.0 Å². The van der Waals surface area contributed by atoms with Gasteiger partial charge in [-0.15, -0.1) is 0 Å². The lowest BCUT2D eigenvalue weighted by atomic mass is 9.78. The summed E-state index contributed by atoms with van der Waals surface area (Å²) in [6, 6.07) is 3.31. The molecule has 3 atom stereocenters. The maximum absolute atomic E-state index is 12.5. The van der Waals surface area contributed by atoms with Gasteiger partial charge in [0, 0.05) is 12.1 Å². The number of piperidine rings is 2. The molecule has 0 unspecified atom stereocenters. The van der Waals surface area contributed by atoms with Crippen molar-refractivity contribution < 1.29 is 18.2 Å². The fourth-order valence-electron chi connectivity index (χ4n) is 3.06. The molecule has 3 heterocycles. The zero-order chi connectivity index (χ0) is 13.5. The minimum Gasteiger partial charge on any atom is -0.310 e. The van der Waals surface area contributed by atoms with Crippen molar-refractivity contribution in [3.05, 3.63) is 23.9 Å². The molecule has 19 heavy (non-hydrogen) atoms. The molecule has 6 heteroatoms. The van der Waals surface area contributed by atoms with Gasteiger partial charge >= 0.3 is 6.18 Å². The summed E-state index contributed by atoms with van der Waals surface area (Å²) in [7, 11) is 0. The molecule has 1 aromatic heterocycles. The summed E-state index contributed by atoms with van der Waals surface area (Å²) in [5.41, 5.74) is -0.652. The molecule has 104 valence electrons. The monoisotopic (exact) mass is 272 g/mol. The number of fused-ring (bicyclic) bond motifs is 3. The molecule has 0 amide bonds. The molecule has 0 radical (unpaired) electrons. The average molecular weight is 272 g/mol. The smallest absolute Gasteiger partial charge is 0.310 e. The fraction of sp³-hybridized carbons (Fsp3) is 0.615. The maximum atomic E-state index is 12.5. The first-order valence-electron chi connectivity index (χ1n) is 6.61. The van der Waals surface area contributed by atoms with Crippen LogP contribution < -0.4 is 15.6 Å². The first kappa shape index (κ1) is 12.7. The predicted octanol–water partition coefficient (Wildman–Crippen LogP) is 2.07. The molecule has 0 spiro atoms. The number of alkyl halides is 3. The molecule has 1 aliphatic carbocycles. The molecule has 1 saturated carbocycles. The Balaban J connectivity index is 1.67. The first-order valence-corrected chi connectivity index (χ1v) is 6.61. The van der Waals surface area contributed by atoms with Crippen molar-refractivity contribution in [2.75, 3.05) is 11.9 Å². The number of H-pyrrole nitrogens is 1. The largest absolute Gasteiger partial charge is 0.419 e. The topological polar surface area (TPSA) is 38.2 Å². The van der Waals surface area contributed by atoms with E-state index < -0.39 is 11.7 Å². The number of anilines is 1. The second-order valence-corrected chi connectivity index (χ2v) is 5.43. The summed E-state index contributed by atoms with van der Waals surface area (Å²) in [6.07, 6.45) is 0.208. The van der Waals surface area contributed by atoms with E-state index in [-0.39, 0.29) is 0 Å².